The third-order valence-corrected chi connectivity index (χ3v) is 3.05. The number of rotatable bonds is 4. The monoisotopic (exact) mass is 273 g/mol. The van der Waals surface area contributed by atoms with Crippen LogP contribution in [0, 0.1) is 24.0 Å². The number of benzene rings is 1. The normalized spacial score (nSPS) is 10.2. The van der Waals surface area contributed by atoms with Crippen molar-refractivity contribution in [2.24, 2.45) is 0 Å². The minimum atomic E-state index is -0.507. The molecule has 1 aromatic heterocycles. The smallest absolute Gasteiger partial charge is 0.329 e. The van der Waals surface area contributed by atoms with Crippen LogP contribution in [0.5, 0.6) is 0 Å². The van der Waals surface area contributed by atoms with E-state index in [1.165, 1.54) is 6.20 Å². The highest BCUT2D eigenvalue weighted by Gasteiger charge is 2.18. The highest BCUT2D eigenvalue weighted by atomic mass is 16.6. The number of aromatic nitrogens is 2. The Morgan fingerprint density at radius 2 is 2.05 bits per heavy atom. The summed E-state index contributed by atoms with van der Waals surface area (Å²) in [5, 5.41) is 16.8. The average Bonchev–Trinajstić information content (AvgIpc) is 2.43. The number of nitro groups is 1. The van der Waals surface area contributed by atoms with Crippen molar-refractivity contribution in [3.8, 4) is 0 Å². The first-order valence-corrected chi connectivity index (χ1v) is 6.05. The van der Waals surface area contributed by atoms with Crippen LogP contribution >= 0.6 is 0 Å². The molecular weight excluding hydrogens is 258 g/mol. The first-order valence-electron chi connectivity index (χ1n) is 6.05. The lowest BCUT2D eigenvalue weighted by atomic mass is 10.1. The van der Waals surface area contributed by atoms with Crippen LogP contribution in [0.3, 0.4) is 0 Å². The summed E-state index contributed by atoms with van der Waals surface area (Å²) in [6.45, 7) is 3.93. The molecule has 1 aromatic carbocycles. The van der Waals surface area contributed by atoms with Crippen LogP contribution in [0.25, 0.3) is 0 Å². The van der Waals surface area contributed by atoms with Gasteiger partial charge in [0.15, 0.2) is 0 Å². The molecule has 1 heterocycles. The molecule has 0 bridgehead atoms. The molecule has 0 unspecified atom stereocenters. The van der Waals surface area contributed by atoms with Gasteiger partial charge in [0.2, 0.25) is 11.8 Å². The van der Waals surface area contributed by atoms with Crippen molar-refractivity contribution in [3.05, 3.63) is 45.6 Å². The van der Waals surface area contributed by atoms with Gasteiger partial charge in [0, 0.05) is 12.7 Å². The second-order valence-electron chi connectivity index (χ2n) is 4.31. The summed E-state index contributed by atoms with van der Waals surface area (Å²) in [5.41, 5.74) is 2.74. The topological polar surface area (TPSA) is 93.0 Å². The minimum Gasteiger partial charge on any atom is -0.357 e. The summed E-state index contributed by atoms with van der Waals surface area (Å²) < 4.78 is 0. The minimum absolute atomic E-state index is 0.162. The van der Waals surface area contributed by atoms with E-state index in [1.807, 2.05) is 32.0 Å². The fourth-order valence-corrected chi connectivity index (χ4v) is 1.74. The second-order valence-corrected chi connectivity index (χ2v) is 4.31. The van der Waals surface area contributed by atoms with Crippen LogP contribution in [0.15, 0.2) is 24.4 Å². The van der Waals surface area contributed by atoms with Crippen LogP contribution < -0.4 is 10.6 Å². The third-order valence-electron chi connectivity index (χ3n) is 3.05. The molecule has 2 aromatic rings. The fraction of sp³-hybridized carbons (Fsp3) is 0.231. The first kappa shape index (κ1) is 13.7. The average molecular weight is 273 g/mol. The Hall–Kier alpha value is -2.70. The van der Waals surface area contributed by atoms with Crippen LogP contribution in [0.2, 0.25) is 0 Å². The van der Waals surface area contributed by atoms with Crippen LogP contribution in [-0.4, -0.2) is 21.9 Å². The number of nitrogens with one attached hydrogen (secondary N) is 2. The van der Waals surface area contributed by atoms with Crippen molar-refractivity contribution in [1.29, 1.82) is 0 Å². The predicted molar refractivity (Wildman–Crippen MR) is 77.4 cm³/mol. The van der Waals surface area contributed by atoms with Gasteiger partial charge in [-0.25, -0.2) is 4.98 Å². The van der Waals surface area contributed by atoms with Crippen molar-refractivity contribution >= 4 is 23.1 Å². The number of anilines is 3. The Balaban J connectivity index is 2.46. The summed E-state index contributed by atoms with van der Waals surface area (Å²) in [4.78, 5) is 18.5. The number of hydrogen-bond acceptors (Lipinski definition) is 6. The molecule has 20 heavy (non-hydrogen) atoms. The van der Waals surface area contributed by atoms with Gasteiger partial charge in [0.1, 0.15) is 6.20 Å². The third kappa shape index (κ3) is 2.66. The molecular formula is C13H15N5O2. The van der Waals surface area contributed by atoms with Crippen LogP contribution in [0.4, 0.5) is 23.1 Å². The van der Waals surface area contributed by atoms with Crippen molar-refractivity contribution in [2.45, 2.75) is 13.8 Å². The van der Waals surface area contributed by atoms with E-state index >= 15 is 0 Å². The molecule has 7 nitrogen and oxygen atoms in total. The molecule has 0 saturated heterocycles. The summed E-state index contributed by atoms with van der Waals surface area (Å²) in [7, 11) is 1.66. The van der Waals surface area contributed by atoms with Gasteiger partial charge in [-0.05, 0) is 31.0 Å². The molecule has 7 heteroatoms. The lowest BCUT2D eigenvalue weighted by Gasteiger charge is -2.11. The molecule has 0 amide bonds. The van der Waals surface area contributed by atoms with E-state index in [0.29, 0.717) is 5.95 Å². The number of aryl methyl sites for hydroxylation is 1. The van der Waals surface area contributed by atoms with Crippen molar-refractivity contribution < 1.29 is 4.92 Å². The van der Waals surface area contributed by atoms with Gasteiger partial charge in [0.05, 0.1) is 4.92 Å². The summed E-state index contributed by atoms with van der Waals surface area (Å²) in [5.74, 6) is 0.492. The van der Waals surface area contributed by atoms with Crippen molar-refractivity contribution in [2.75, 3.05) is 17.7 Å². The molecule has 0 fully saturated rings. The molecule has 0 saturated carbocycles. The second kappa shape index (κ2) is 5.52. The molecule has 0 radical (unpaired) electrons. The highest BCUT2D eigenvalue weighted by molar-refractivity contribution is 5.68. The van der Waals surface area contributed by atoms with Gasteiger partial charge >= 0.3 is 5.69 Å². The molecule has 104 valence electrons. The largest absolute Gasteiger partial charge is 0.357 e. The first-order chi connectivity index (χ1) is 9.52. The zero-order valence-electron chi connectivity index (χ0n) is 11.5. The molecule has 0 aliphatic heterocycles. The van der Waals surface area contributed by atoms with E-state index in [1.54, 1.807) is 7.05 Å². The Bertz CT molecular complexity index is 657. The Labute approximate surface area is 116 Å². The molecule has 0 aliphatic carbocycles. The molecule has 2 N–H and O–H groups in total. The summed E-state index contributed by atoms with van der Waals surface area (Å²) in [6.07, 6.45) is 1.19. The van der Waals surface area contributed by atoms with Crippen molar-refractivity contribution in [3.63, 3.8) is 0 Å². The fourth-order valence-electron chi connectivity index (χ4n) is 1.74. The number of hydrogen-bond donors (Lipinski definition) is 2. The van der Waals surface area contributed by atoms with E-state index in [0.717, 1.165) is 16.8 Å². The summed E-state index contributed by atoms with van der Waals surface area (Å²) >= 11 is 0. The predicted octanol–water partition coefficient (Wildman–Crippen LogP) is 2.79. The number of nitrogens with zero attached hydrogens (tertiary/aromatic N) is 3. The quantitative estimate of drug-likeness (QED) is 0.657. The summed E-state index contributed by atoms with van der Waals surface area (Å²) in [6, 6.07) is 5.72. The van der Waals surface area contributed by atoms with Crippen LogP contribution in [0.1, 0.15) is 11.1 Å². The Morgan fingerprint density at radius 1 is 1.30 bits per heavy atom. The zero-order chi connectivity index (χ0) is 14.7. The molecule has 0 atom stereocenters. The maximum Gasteiger partial charge on any atom is 0.329 e. The van der Waals surface area contributed by atoms with Gasteiger partial charge in [-0.2, -0.15) is 4.98 Å². The maximum atomic E-state index is 11.0. The van der Waals surface area contributed by atoms with Crippen LogP contribution in [-0.2, 0) is 0 Å². The maximum absolute atomic E-state index is 11.0. The molecule has 2 rings (SSSR count). The van der Waals surface area contributed by atoms with Gasteiger partial charge in [-0.1, -0.05) is 12.1 Å². The Kier molecular flexibility index (Phi) is 3.79. The zero-order valence-corrected chi connectivity index (χ0v) is 11.5. The molecule has 0 spiro atoms. The van der Waals surface area contributed by atoms with Gasteiger partial charge in [0.25, 0.3) is 0 Å². The van der Waals surface area contributed by atoms with E-state index in [-0.39, 0.29) is 11.5 Å². The Morgan fingerprint density at radius 3 is 2.70 bits per heavy atom. The van der Waals surface area contributed by atoms with Gasteiger partial charge in [-0.3, -0.25) is 10.1 Å². The standard InChI is InChI=1S/C13H15N5O2/c1-8-5-4-6-10(9(8)2)16-12-11(18(19)20)7-15-13(14-3)17-12/h4-7H,1-3H3,(H2,14,15,16,17). The lowest BCUT2D eigenvalue weighted by Crippen LogP contribution is -2.05. The van der Waals surface area contributed by atoms with E-state index in [9.17, 15) is 10.1 Å². The van der Waals surface area contributed by atoms with Gasteiger partial charge in [-0.15, -0.1) is 0 Å². The molecule has 0 aliphatic rings. The highest BCUT2D eigenvalue weighted by Crippen LogP contribution is 2.28. The van der Waals surface area contributed by atoms with E-state index < -0.39 is 4.92 Å². The van der Waals surface area contributed by atoms with E-state index in [4.69, 9.17) is 0 Å². The van der Waals surface area contributed by atoms with Crippen molar-refractivity contribution in [1.82, 2.24) is 9.97 Å². The SMILES string of the molecule is CNc1ncc([N+](=O)[O-])c(Nc2cccc(C)c2C)n1. The lowest BCUT2D eigenvalue weighted by molar-refractivity contribution is -0.384. The van der Waals surface area contributed by atoms with E-state index in [2.05, 4.69) is 20.6 Å². The van der Waals surface area contributed by atoms with Gasteiger partial charge < -0.3 is 10.6 Å².